The molecule has 2 atom stereocenters. The van der Waals surface area contributed by atoms with Gasteiger partial charge in [0.15, 0.2) is 0 Å². The quantitative estimate of drug-likeness (QED) is 0.471. The van der Waals surface area contributed by atoms with Gasteiger partial charge >= 0.3 is 5.97 Å². The maximum Gasteiger partial charge on any atom is 0.307 e. The van der Waals surface area contributed by atoms with Gasteiger partial charge in [-0.3, -0.25) is 14.9 Å². The molecule has 0 radical (unpaired) electrons. The van der Waals surface area contributed by atoms with Crippen LogP contribution in [0.15, 0.2) is 24.3 Å². The smallest absolute Gasteiger partial charge is 0.307 e. The lowest BCUT2D eigenvalue weighted by Gasteiger charge is -2.34. The first-order valence-corrected chi connectivity index (χ1v) is 7.78. The molecule has 0 aliphatic carbocycles. The Kier molecular flexibility index (Phi) is 5.92. The standard InChI is InChI=1S/C16H22N2O5/c1-12-9-13(16(19)20)11-17(10-12)7-2-8-23-15-5-3-14(4-6-15)18(21)22/h3-6,12-13H,2,7-11H2,1H3,(H,19,20). The molecule has 0 saturated carbocycles. The first-order chi connectivity index (χ1) is 11.0. The molecule has 1 aromatic rings. The minimum atomic E-state index is -0.719. The molecule has 126 valence electrons. The zero-order valence-electron chi connectivity index (χ0n) is 13.2. The molecule has 23 heavy (non-hydrogen) atoms. The third-order valence-electron chi connectivity index (χ3n) is 4.02. The predicted molar refractivity (Wildman–Crippen MR) is 84.6 cm³/mol. The van der Waals surface area contributed by atoms with Crippen molar-refractivity contribution in [3.05, 3.63) is 34.4 Å². The molecule has 2 unspecified atom stereocenters. The van der Waals surface area contributed by atoms with Gasteiger partial charge in [-0.2, -0.15) is 0 Å². The van der Waals surface area contributed by atoms with E-state index in [0.29, 0.717) is 24.8 Å². The Morgan fingerprint density at radius 2 is 2.09 bits per heavy atom. The summed E-state index contributed by atoms with van der Waals surface area (Å²) in [5, 5.41) is 19.7. The number of hydrogen-bond donors (Lipinski definition) is 1. The predicted octanol–water partition coefficient (Wildman–Crippen LogP) is 2.41. The number of carboxylic acid groups (broad SMARTS) is 1. The number of rotatable bonds is 7. The van der Waals surface area contributed by atoms with Gasteiger partial charge in [-0.1, -0.05) is 6.92 Å². The number of likely N-dealkylation sites (tertiary alicyclic amines) is 1. The summed E-state index contributed by atoms with van der Waals surface area (Å²) in [6, 6.07) is 6.00. The van der Waals surface area contributed by atoms with E-state index in [-0.39, 0.29) is 11.6 Å². The van der Waals surface area contributed by atoms with Gasteiger partial charge in [0.1, 0.15) is 5.75 Å². The Morgan fingerprint density at radius 1 is 1.39 bits per heavy atom. The van der Waals surface area contributed by atoms with Gasteiger partial charge in [0, 0.05) is 31.8 Å². The Hall–Kier alpha value is -2.15. The molecule has 0 spiro atoms. The van der Waals surface area contributed by atoms with Crippen LogP contribution in [0.2, 0.25) is 0 Å². The first-order valence-electron chi connectivity index (χ1n) is 7.78. The van der Waals surface area contributed by atoms with E-state index >= 15 is 0 Å². The van der Waals surface area contributed by atoms with Crippen molar-refractivity contribution >= 4 is 11.7 Å². The van der Waals surface area contributed by atoms with Crippen LogP contribution in [-0.4, -0.2) is 47.1 Å². The Morgan fingerprint density at radius 3 is 2.70 bits per heavy atom. The number of piperidine rings is 1. The van der Waals surface area contributed by atoms with Crippen molar-refractivity contribution in [3.63, 3.8) is 0 Å². The van der Waals surface area contributed by atoms with E-state index in [4.69, 9.17) is 9.84 Å². The van der Waals surface area contributed by atoms with Crippen molar-refractivity contribution in [1.29, 1.82) is 0 Å². The maximum absolute atomic E-state index is 11.1. The van der Waals surface area contributed by atoms with Gasteiger partial charge in [0.25, 0.3) is 5.69 Å². The summed E-state index contributed by atoms with van der Waals surface area (Å²) in [7, 11) is 0. The zero-order chi connectivity index (χ0) is 16.8. The number of ether oxygens (including phenoxy) is 1. The Balaban J connectivity index is 1.72. The van der Waals surface area contributed by atoms with Crippen LogP contribution in [0.25, 0.3) is 0 Å². The van der Waals surface area contributed by atoms with Gasteiger partial charge in [0.05, 0.1) is 17.4 Å². The fraction of sp³-hybridized carbons (Fsp3) is 0.562. The number of hydrogen-bond acceptors (Lipinski definition) is 5. The zero-order valence-corrected chi connectivity index (χ0v) is 13.2. The SMILES string of the molecule is CC1CC(C(=O)O)CN(CCCOc2ccc([N+](=O)[O-])cc2)C1. The second kappa shape index (κ2) is 7.92. The van der Waals surface area contributed by atoms with Crippen molar-refractivity contribution in [1.82, 2.24) is 4.90 Å². The average Bonchev–Trinajstić information content (AvgIpc) is 2.51. The molecule has 0 bridgehead atoms. The fourth-order valence-corrected chi connectivity index (χ4v) is 2.97. The van der Waals surface area contributed by atoms with Gasteiger partial charge in [-0.05, 0) is 30.9 Å². The van der Waals surface area contributed by atoms with Crippen molar-refractivity contribution in [3.8, 4) is 5.75 Å². The lowest BCUT2D eigenvalue weighted by Crippen LogP contribution is -2.43. The van der Waals surface area contributed by atoms with Crippen molar-refractivity contribution in [2.24, 2.45) is 11.8 Å². The van der Waals surface area contributed by atoms with E-state index < -0.39 is 10.9 Å². The third-order valence-corrected chi connectivity index (χ3v) is 4.02. The minimum absolute atomic E-state index is 0.0411. The highest BCUT2D eigenvalue weighted by Crippen LogP contribution is 2.22. The number of nitro groups is 1. The van der Waals surface area contributed by atoms with E-state index in [2.05, 4.69) is 11.8 Å². The largest absolute Gasteiger partial charge is 0.494 e. The number of non-ortho nitro benzene ring substituents is 1. The molecule has 1 aliphatic rings. The van der Waals surface area contributed by atoms with Crippen LogP contribution < -0.4 is 4.74 Å². The highest BCUT2D eigenvalue weighted by molar-refractivity contribution is 5.70. The number of benzene rings is 1. The van der Waals surface area contributed by atoms with E-state index in [1.54, 1.807) is 12.1 Å². The normalized spacial score (nSPS) is 21.8. The highest BCUT2D eigenvalue weighted by atomic mass is 16.6. The van der Waals surface area contributed by atoms with Crippen LogP contribution in [0.1, 0.15) is 19.8 Å². The van der Waals surface area contributed by atoms with Crippen LogP contribution >= 0.6 is 0 Å². The summed E-state index contributed by atoms with van der Waals surface area (Å²) >= 11 is 0. The Labute approximate surface area is 135 Å². The number of nitrogens with zero attached hydrogens (tertiary/aromatic N) is 2. The van der Waals surface area contributed by atoms with Gasteiger partial charge < -0.3 is 14.7 Å². The van der Waals surface area contributed by atoms with Crippen LogP contribution in [0.5, 0.6) is 5.75 Å². The lowest BCUT2D eigenvalue weighted by molar-refractivity contribution is -0.384. The molecule has 0 amide bonds. The van der Waals surface area contributed by atoms with Gasteiger partial charge in [-0.25, -0.2) is 0 Å². The maximum atomic E-state index is 11.1. The molecule has 7 heteroatoms. The average molecular weight is 322 g/mol. The molecular weight excluding hydrogens is 300 g/mol. The molecule has 1 aliphatic heterocycles. The van der Waals surface area contributed by atoms with Crippen LogP contribution in [0.4, 0.5) is 5.69 Å². The summed E-state index contributed by atoms with van der Waals surface area (Å²) in [6.45, 7) is 4.88. The number of carbonyl (C=O) groups is 1. The Bertz CT molecular complexity index is 546. The molecule has 2 rings (SSSR count). The number of aliphatic carboxylic acids is 1. The summed E-state index contributed by atoms with van der Waals surface area (Å²) in [6.07, 6.45) is 1.53. The molecule has 1 saturated heterocycles. The van der Waals surface area contributed by atoms with Crippen molar-refractivity contribution in [2.75, 3.05) is 26.2 Å². The second-order valence-corrected chi connectivity index (χ2v) is 6.09. The molecule has 1 heterocycles. The summed E-state index contributed by atoms with van der Waals surface area (Å²) in [4.78, 5) is 23.4. The van der Waals surface area contributed by atoms with Crippen LogP contribution in [-0.2, 0) is 4.79 Å². The van der Waals surface area contributed by atoms with Crippen molar-refractivity contribution < 1.29 is 19.6 Å². The summed E-state index contributed by atoms with van der Waals surface area (Å²) in [5.41, 5.74) is 0.0411. The van der Waals surface area contributed by atoms with Crippen LogP contribution in [0.3, 0.4) is 0 Å². The van der Waals surface area contributed by atoms with Gasteiger partial charge in [-0.15, -0.1) is 0 Å². The highest BCUT2D eigenvalue weighted by Gasteiger charge is 2.28. The lowest BCUT2D eigenvalue weighted by atomic mass is 9.90. The van der Waals surface area contributed by atoms with E-state index in [0.717, 1.165) is 25.9 Å². The summed E-state index contributed by atoms with van der Waals surface area (Å²) in [5.74, 6) is -0.00973. The van der Waals surface area contributed by atoms with E-state index in [9.17, 15) is 14.9 Å². The number of carboxylic acids is 1. The monoisotopic (exact) mass is 322 g/mol. The fourth-order valence-electron chi connectivity index (χ4n) is 2.97. The second-order valence-electron chi connectivity index (χ2n) is 6.09. The first kappa shape index (κ1) is 17.2. The minimum Gasteiger partial charge on any atom is -0.494 e. The molecule has 7 nitrogen and oxygen atoms in total. The third kappa shape index (κ3) is 5.21. The summed E-state index contributed by atoms with van der Waals surface area (Å²) < 4.78 is 5.57. The van der Waals surface area contributed by atoms with E-state index in [1.807, 2.05) is 0 Å². The number of nitro benzene ring substituents is 1. The van der Waals surface area contributed by atoms with Crippen molar-refractivity contribution in [2.45, 2.75) is 19.8 Å². The molecule has 1 aromatic carbocycles. The van der Waals surface area contributed by atoms with Gasteiger partial charge in [0.2, 0.25) is 0 Å². The van der Waals surface area contributed by atoms with Crippen LogP contribution in [0, 0.1) is 22.0 Å². The van der Waals surface area contributed by atoms with E-state index in [1.165, 1.54) is 12.1 Å². The molecule has 1 N–H and O–H groups in total. The molecular formula is C16H22N2O5. The molecule has 1 fully saturated rings. The topological polar surface area (TPSA) is 92.9 Å². The molecule has 0 aromatic heterocycles.